The van der Waals surface area contributed by atoms with Crippen molar-refractivity contribution in [2.45, 2.75) is 39.3 Å². The molecule has 1 rings (SSSR count). The van der Waals surface area contributed by atoms with Crippen LogP contribution in [0.25, 0.3) is 0 Å². The molecule has 0 atom stereocenters. The van der Waals surface area contributed by atoms with Gasteiger partial charge in [-0.25, -0.2) is 17.9 Å². The molecule has 0 radical (unpaired) electrons. The van der Waals surface area contributed by atoms with Gasteiger partial charge in [0.15, 0.2) is 0 Å². The first-order valence-corrected chi connectivity index (χ1v) is 10.4. The normalized spacial score (nSPS) is 12.0. The average Bonchev–Trinajstić information content (AvgIpc) is 2.50. The third-order valence-corrected chi connectivity index (χ3v) is 4.65. The summed E-state index contributed by atoms with van der Waals surface area (Å²) < 4.78 is 36.8. The lowest BCUT2D eigenvalue weighted by atomic mass is 10.2. The monoisotopic (exact) mass is 406 g/mol. The van der Waals surface area contributed by atoms with E-state index >= 15 is 0 Å². The first-order valence-electron chi connectivity index (χ1n) is 8.34. The minimum atomic E-state index is -3.38. The van der Waals surface area contributed by atoms with E-state index in [0.29, 0.717) is 18.0 Å². The van der Waals surface area contributed by atoms with Crippen molar-refractivity contribution in [3.05, 3.63) is 34.9 Å². The molecule has 26 heavy (non-hydrogen) atoms. The second kappa shape index (κ2) is 10.7. The summed E-state index contributed by atoms with van der Waals surface area (Å²) in [6, 6.07) is 7.01. The molecule has 1 aromatic rings. The third kappa shape index (κ3) is 11.3. The van der Waals surface area contributed by atoms with Gasteiger partial charge in [-0.1, -0.05) is 23.7 Å². The van der Waals surface area contributed by atoms with Crippen LogP contribution < -0.4 is 10.0 Å². The number of benzene rings is 1. The van der Waals surface area contributed by atoms with Gasteiger partial charge in [-0.3, -0.25) is 0 Å². The number of rotatable bonds is 10. The second-order valence-electron chi connectivity index (χ2n) is 6.66. The number of amides is 1. The van der Waals surface area contributed by atoms with E-state index in [1.54, 1.807) is 45.0 Å². The minimum absolute atomic E-state index is 0.0347. The van der Waals surface area contributed by atoms with Crippen molar-refractivity contribution in [2.24, 2.45) is 0 Å². The summed E-state index contributed by atoms with van der Waals surface area (Å²) >= 11 is 5.86. The van der Waals surface area contributed by atoms with E-state index < -0.39 is 21.7 Å². The standard InChI is InChI=1S/C17H27ClN2O5S/c1-17(2,3)25-16(21)19-8-10-24-9-5-11-26(22,23)20-13-14-6-4-7-15(18)12-14/h4,6-7,12,20H,5,8-11,13H2,1-3H3,(H,19,21). The molecule has 0 fully saturated rings. The maximum absolute atomic E-state index is 11.9. The van der Waals surface area contributed by atoms with Crippen molar-refractivity contribution in [3.8, 4) is 0 Å². The molecule has 2 N–H and O–H groups in total. The number of hydrogen-bond acceptors (Lipinski definition) is 5. The number of nitrogens with one attached hydrogen (secondary N) is 2. The Bertz CT molecular complexity index is 674. The van der Waals surface area contributed by atoms with Gasteiger partial charge < -0.3 is 14.8 Å². The van der Waals surface area contributed by atoms with Crippen molar-refractivity contribution < 1.29 is 22.7 Å². The van der Waals surface area contributed by atoms with Crippen molar-refractivity contribution in [3.63, 3.8) is 0 Å². The van der Waals surface area contributed by atoms with E-state index in [-0.39, 0.29) is 25.5 Å². The molecule has 1 aromatic carbocycles. The Morgan fingerprint density at radius 2 is 1.96 bits per heavy atom. The first-order chi connectivity index (χ1) is 12.1. The molecule has 9 heteroatoms. The van der Waals surface area contributed by atoms with Crippen LogP contribution >= 0.6 is 11.6 Å². The lowest BCUT2D eigenvalue weighted by molar-refractivity contribution is 0.0500. The Morgan fingerprint density at radius 1 is 1.23 bits per heavy atom. The average molecular weight is 407 g/mol. The topological polar surface area (TPSA) is 93.7 Å². The zero-order chi connectivity index (χ0) is 19.6. The van der Waals surface area contributed by atoms with Crippen molar-refractivity contribution >= 4 is 27.7 Å². The van der Waals surface area contributed by atoms with Gasteiger partial charge in [0.2, 0.25) is 10.0 Å². The van der Waals surface area contributed by atoms with Crippen LogP contribution in [0.4, 0.5) is 4.79 Å². The Kier molecular flexibility index (Phi) is 9.35. The van der Waals surface area contributed by atoms with Crippen LogP contribution in [0.3, 0.4) is 0 Å². The van der Waals surface area contributed by atoms with Gasteiger partial charge in [0.1, 0.15) is 5.60 Å². The van der Waals surface area contributed by atoms with Crippen molar-refractivity contribution in [2.75, 3.05) is 25.5 Å². The summed E-state index contributed by atoms with van der Waals surface area (Å²) in [6.07, 6.45) is -0.147. The number of alkyl carbamates (subject to hydrolysis) is 1. The van der Waals surface area contributed by atoms with E-state index in [1.165, 1.54) is 0 Å². The summed E-state index contributed by atoms with van der Waals surface area (Å²) in [6.45, 7) is 6.42. The van der Waals surface area contributed by atoms with Crippen LogP contribution in [0.5, 0.6) is 0 Å². The highest BCUT2D eigenvalue weighted by Gasteiger charge is 2.15. The van der Waals surface area contributed by atoms with Crippen LogP contribution in [0.2, 0.25) is 5.02 Å². The van der Waals surface area contributed by atoms with Crippen LogP contribution in [-0.2, 0) is 26.0 Å². The summed E-state index contributed by atoms with van der Waals surface area (Å²) in [4.78, 5) is 11.4. The lowest BCUT2D eigenvalue weighted by Gasteiger charge is -2.19. The molecule has 0 spiro atoms. The van der Waals surface area contributed by atoms with Crippen LogP contribution in [0.1, 0.15) is 32.8 Å². The highest BCUT2D eigenvalue weighted by Crippen LogP contribution is 2.10. The first kappa shape index (κ1) is 22.7. The number of ether oxygens (including phenoxy) is 2. The summed E-state index contributed by atoms with van der Waals surface area (Å²) in [5.41, 5.74) is 0.253. The molecular formula is C17H27ClN2O5S. The minimum Gasteiger partial charge on any atom is -0.444 e. The molecule has 0 aromatic heterocycles. The molecule has 148 valence electrons. The third-order valence-electron chi connectivity index (χ3n) is 3.00. The lowest BCUT2D eigenvalue weighted by Crippen LogP contribution is -2.34. The van der Waals surface area contributed by atoms with E-state index in [9.17, 15) is 13.2 Å². The molecule has 7 nitrogen and oxygen atoms in total. The molecule has 0 saturated carbocycles. The molecule has 0 bridgehead atoms. The van der Waals surface area contributed by atoms with Gasteiger partial charge in [0.25, 0.3) is 0 Å². The highest BCUT2D eigenvalue weighted by molar-refractivity contribution is 7.89. The number of hydrogen-bond donors (Lipinski definition) is 2. The Balaban J connectivity index is 2.12. The largest absolute Gasteiger partial charge is 0.444 e. The maximum atomic E-state index is 11.9. The number of carbonyl (C=O) groups is 1. The van der Waals surface area contributed by atoms with E-state index in [4.69, 9.17) is 21.1 Å². The molecular weight excluding hydrogens is 380 g/mol. The Morgan fingerprint density at radius 3 is 2.62 bits per heavy atom. The van der Waals surface area contributed by atoms with Gasteiger partial charge in [-0.05, 0) is 44.9 Å². The van der Waals surface area contributed by atoms with Crippen molar-refractivity contribution in [1.82, 2.24) is 10.0 Å². The van der Waals surface area contributed by atoms with E-state index in [2.05, 4.69) is 10.0 Å². The smallest absolute Gasteiger partial charge is 0.407 e. The fourth-order valence-electron chi connectivity index (χ4n) is 1.90. The predicted molar refractivity (Wildman–Crippen MR) is 102 cm³/mol. The molecule has 0 aliphatic heterocycles. The number of carbonyl (C=O) groups excluding carboxylic acids is 1. The zero-order valence-corrected chi connectivity index (χ0v) is 17.0. The summed E-state index contributed by atoms with van der Waals surface area (Å²) in [7, 11) is -3.38. The molecule has 0 aliphatic carbocycles. The SMILES string of the molecule is CC(C)(C)OC(=O)NCCOCCCS(=O)(=O)NCc1cccc(Cl)c1. The van der Waals surface area contributed by atoms with E-state index in [1.807, 2.05) is 0 Å². The molecule has 0 heterocycles. The van der Waals surface area contributed by atoms with Crippen molar-refractivity contribution in [1.29, 1.82) is 0 Å². The maximum Gasteiger partial charge on any atom is 0.407 e. The highest BCUT2D eigenvalue weighted by atomic mass is 35.5. The number of halogens is 1. The van der Waals surface area contributed by atoms with Gasteiger partial charge in [0, 0.05) is 24.7 Å². The molecule has 0 aliphatic rings. The predicted octanol–water partition coefficient (Wildman–Crippen LogP) is 2.69. The molecule has 0 unspecified atom stereocenters. The van der Waals surface area contributed by atoms with Gasteiger partial charge in [-0.15, -0.1) is 0 Å². The van der Waals surface area contributed by atoms with Gasteiger partial charge in [-0.2, -0.15) is 0 Å². The van der Waals surface area contributed by atoms with Gasteiger partial charge in [0.05, 0.1) is 12.4 Å². The Hall–Kier alpha value is -1.35. The summed E-state index contributed by atoms with van der Waals surface area (Å²) in [5, 5.41) is 3.13. The van der Waals surface area contributed by atoms with Crippen LogP contribution in [0.15, 0.2) is 24.3 Å². The number of sulfonamides is 1. The Labute approximate surface area is 160 Å². The van der Waals surface area contributed by atoms with E-state index in [0.717, 1.165) is 5.56 Å². The molecule has 0 saturated heterocycles. The second-order valence-corrected chi connectivity index (χ2v) is 9.03. The molecule has 1 amide bonds. The van der Waals surface area contributed by atoms with Crippen LogP contribution in [0, 0.1) is 0 Å². The zero-order valence-electron chi connectivity index (χ0n) is 15.4. The fourth-order valence-corrected chi connectivity index (χ4v) is 3.15. The summed E-state index contributed by atoms with van der Waals surface area (Å²) in [5.74, 6) is -0.0347. The van der Waals surface area contributed by atoms with Crippen LogP contribution in [-0.4, -0.2) is 45.6 Å². The van der Waals surface area contributed by atoms with Gasteiger partial charge >= 0.3 is 6.09 Å². The quantitative estimate of drug-likeness (QED) is 0.582. The fraction of sp³-hybridized carbons (Fsp3) is 0.588.